The highest BCUT2D eigenvalue weighted by Crippen LogP contribution is 2.21. The van der Waals surface area contributed by atoms with Crippen LogP contribution in [0.15, 0.2) is 0 Å². The molecule has 6 heteroatoms. The molecule has 0 bridgehead atoms. The molecule has 23 heavy (non-hydrogen) atoms. The molecule has 0 aromatic rings. The van der Waals surface area contributed by atoms with E-state index >= 15 is 0 Å². The van der Waals surface area contributed by atoms with Crippen LogP contribution >= 0.6 is 0 Å². The molecule has 0 aromatic heterocycles. The standard InChI is InChI=1S/C17H31N3O3/c1-4-18-9-11-19(12-10-18)16(21)14(3)20-8-6-7-15(13-20)17(22)23-5-2/h14-15H,4-13H2,1-3H3/t14-,15+/m0/s1. The molecule has 2 aliphatic rings. The van der Waals surface area contributed by atoms with Crippen molar-refractivity contribution in [2.24, 2.45) is 5.92 Å². The van der Waals surface area contributed by atoms with Gasteiger partial charge in [-0.25, -0.2) is 0 Å². The Kier molecular flexibility index (Phi) is 6.84. The van der Waals surface area contributed by atoms with Crippen molar-refractivity contribution in [3.05, 3.63) is 0 Å². The number of carbonyl (C=O) groups is 2. The van der Waals surface area contributed by atoms with Crippen LogP contribution < -0.4 is 0 Å². The maximum absolute atomic E-state index is 12.7. The van der Waals surface area contributed by atoms with Gasteiger partial charge in [-0.3, -0.25) is 14.5 Å². The van der Waals surface area contributed by atoms with Gasteiger partial charge >= 0.3 is 5.97 Å². The third-order valence-corrected chi connectivity index (χ3v) is 5.11. The minimum Gasteiger partial charge on any atom is -0.466 e. The van der Waals surface area contributed by atoms with Crippen LogP contribution in [0.25, 0.3) is 0 Å². The molecule has 2 fully saturated rings. The fraction of sp³-hybridized carbons (Fsp3) is 0.882. The molecule has 0 N–H and O–H groups in total. The third kappa shape index (κ3) is 4.67. The molecule has 0 unspecified atom stereocenters. The van der Waals surface area contributed by atoms with Gasteiger partial charge < -0.3 is 14.5 Å². The van der Waals surface area contributed by atoms with Gasteiger partial charge in [-0.05, 0) is 39.8 Å². The zero-order valence-electron chi connectivity index (χ0n) is 14.8. The van der Waals surface area contributed by atoms with E-state index in [-0.39, 0.29) is 23.8 Å². The lowest BCUT2D eigenvalue weighted by Crippen LogP contribution is -2.55. The number of esters is 1. The fourth-order valence-corrected chi connectivity index (χ4v) is 3.52. The van der Waals surface area contributed by atoms with Crippen LogP contribution in [0.3, 0.4) is 0 Å². The van der Waals surface area contributed by atoms with Crippen LogP contribution in [0.4, 0.5) is 0 Å². The smallest absolute Gasteiger partial charge is 0.310 e. The molecule has 132 valence electrons. The van der Waals surface area contributed by atoms with E-state index in [1.165, 1.54) is 0 Å². The summed E-state index contributed by atoms with van der Waals surface area (Å²) >= 11 is 0. The first-order valence-corrected chi connectivity index (χ1v) is 8.98. The predicted octanol–water partition coefficient (Wildman–Crippen LogP) is 0.814. The van der Waals surface area contributed by atoms with E-state index in [2.05, 4.69) is 16.7 Å². The molecule has 2 saturated heterocycles. The van der Waals surface area contributed by atoms with E-state index in [0.29, 0.717) is 13.2 Å². The number of piperazine rings is 1. The molecule has 2 atom stereocenters. The second kappa shape index (κ2) is 8.64. The van der Waals surface area contributed by atoms with E-state index in [0.717, 1.165) is 52.1 Å². The van der Waals surface area contributed by atoms with Gasteiger partial charge in [-0.1, -0.05) is 6.92 Å². The SMILES string of the molecule is CCOC(=O)[C@@H]1CCCN([C@@H](C)C(=O)N2CCN(CC)CC2)C1. The van der Waals surface area contributed by atoms with Crippen LogP contribution in [-0.2, 0) is 14.3 Å². The van der Waals surface area contributed by atoms with Crippen molar-refractivity contribution >= 4 is 11.9 Å². The van der Waals surface area contributed by atoms with Crippen LogP contribution in [-0.4, -0.2) is 85.0 Å². The molecule has 2 heterocycles. The van der Waals surface area contributed by atoms with Gasteiger partial charge in [0.1, 0.15) is 0 Å². The summed E-state index contributed by atoms with van der Waals surface area (Å²) in [4.78, 5) is 31.2. The summed E-state index contributed by atoms with van der Waals surface area (Å²) in [5, 5.41) is 0. The number of ether oxygens (including phenoxy) is 1. The number of nitrogens with zero attached hydrogens (tertiary/aromatic N) is 3. The Morgan fingerprint density at radius 2 is 1.83 bits per heavy atom. The molecule has 2 rings (SSSR count). The van der Waals surface area contributed by atoms with Crippen molar-refractivity contribution in [2.45, 2.75) is 39.7 Å². The van der Waals surface area contributed by atoms with Crippen molar-refractivity contribution < 1.29 is 14.3 Å². The van der Waals surface area contributed by atoms with Gasteiger partial charge in [0.15, 0.2) is 0 Å². The van der Waals surface area contributed by atoms with Gasteiger partial charge in [-0.2, -0.15) is 0 Å². The third-order valence-electron chi connectivity index (χ3n) is 5.11. The van der Waals surface area contributed by atoms with E-state index in [1.807, 2.05) is 18.7 Å². The number of amides is 1. The number of hydrogen-bond donors (Lipinski definition) is 0. The Labute approximate surface area is 139 Å². The summed E-state index contributed by atoms with van der Waals surface area (Å²) < 4.78 is 5.14. The Balaban J connectivity index is 1.87. The Bertz CT molecular complexity index is 408. The minimum absolute atomic E-state index is 0.0871. The second-order valence-electron chi connectivity index (χ2n) is 6.52. The predicted molar refractivity (Wildman–Crippen MR) is 89.1 cm³/mol. The van der Waals surface area contributed by atoms with E-state index in [4.69, 9.17) is 4.74 Å². The van der Waals surface area contributed by atoms with E-state index in [1.54, 1.807) is 0 Å². The lowest BCUT2D eigenvalue weighted by atomic mass is 9.96. The van der Waals surface area contributed by atoms with Crippen molar-refractivity contribution in [2.75, 3.05) is 52.4 Å². The topological polar surface area (TPSA) is 53.1 Å². The molecule has 0 saturated carbocycles. The van der Waals surface area contributed by atoms with Crippen molar-refractivity contribution in [1.29, 1.82) is 0 Å². The monoisotopic (exact) mass is 325 g/mol. The molecule has 2 aliphatic heterocycles. The first kappa shape index (κ1) is 18.2. The maximum atomic E-state index is 12.7. The molecule has 0 spiro atoms. The summed E-state index contributed by atoms with van der Waals surface area (Å²) in [6.45, 7) is 12.5. The summed E-state index contributed by atoms with van der Waals surface area (Å²) in [6.07, 6.45) is 1.82. The first-order chi connectivity index (χ1) is 11.1. The molecule has 6 nitrogen and oxygen atoms in total. The summed E-state index contributed by atoms with van der Waals surface area (Å²) in [6, 6.07) is -0.152. The summed E-state index contributed by atoms with van der Waals surface area (Å²) in [5.41, 5.74) is 0. The number of likely N-dealkylation sites (N-methyl/N-ethyl adjacent to an activating group) is 1. The molecule has 0 aromatic carbocycles. The van der Waals surface area contributed by atoms with Crippen LogP contribution in [0.2, 0.25) is 0 Å². The van der Waals surface area contributed by atoms with E-state index in [9.17, 15) is 9.59 Å². The maximum Gasteiger partial charge on any atom is 0.310 e. The van der Waals surface area contributed by atoms with Crippen molar-refractivity contribution in [3.8, 4) is 0 Å². The van der Waals surface area contributed by atoms with Crippen LogP contribution in [0.1, 0.15) is 33.6 Å². The quantitative estimate of drug-likeness (QED) is 0.700. The lowest BCUT2D eigenvalue weighted by Gasteiger charge is -2.40. The number of piperidine rings is 1. The molecule has 1 amide bonds. The highest BCUT2D eigenvalue weighted by atomic mass is 16.5. The average Bonchev–Trinajstić information content (AvgIpc) is 2.61. The van der Waals surface area contributed by atoms with Gasteiger partial charge in [0.05, 0.1) is 18.6 Å². The largest absolute Gasteiger partial charge is 0.466 e. The van der Waals surface area contributed by atoms with Gasteiger partial charge in [0.25, 0.3) is 0 Å². The Hall–Kier alpha value is -1.14. The Morgan fingerprint density at radius 3 is 2.43 bits per heavy atom. The Morgan fingerprint density at radius 1 is 1.13 bits per heavy atom. The fourth-order valence-electron chi connectivity index (χ4n) is 3.52. The minimum atomic E-state index is -0.152. The second-order valence-corrected chi connectivity index (χ2v) is 6.52. The number of rotatable bonds is 5. The lowest BCUT2D eigenvalue weighted by molar-refractivity contribution is -0.152. The number of likely N-dealkylation sites (tertiary alicyclic amines) is 1. The molecular weight excluding hydrogens is 294 g/mol. The van der Waals surface area contributed by atoms with Crippen LogP contribution in [0.5, 0.6) is 0 Å². The first-order valence-electron chi connectivity index (χ1n) is 8.98. The summed E-state index contributed by atoms with van der Waals surface area (Å²) in [7, 11) is 0. The highest BCUT2D eigenvalue weighted by molar-refractivity contribution is 5.82. The van der Waals surface area contributed by atoms with Crippen LogP contribution in [0, 0.1) is 5.92 Å². The zero-order chi connectivity index (χ0) is 16.8. The van der Waals surface area contributed by atoms with Crippen molar-refractivity contribution in [1.82, 2.24) is 14.7 Å². The molecule has 0 aliphatic carbocycles. The number of hydrogen-bond acceptors (Lipinski definition) is 5. The van der Waals surface area contributed by atoms with Gasteiger partial charge in [0, 0.05) is 32.7 Å². The van der Waals surface area contributed by atoms with Crippen molar-refractivity contribution in [3.63, 3.8) is 0 Å². The van der Waals surface area contributed by atoms with E-state index < -0.39 is 0 Å². The van der Waals surface area contributed by atoms with Gasteiger partial charge in [-0.15, -0.1) is 0 Å². The summed E-state index contributed by atoms with van der Waals surface area (Å²) in [5.74, 6) is -0.00504. The normalized spacial score (nSPS) is 25.2. The highest BCUT2D eigenvalue weighted by Gasteiger charge is 2.33. The molecule has 0 radical (unpaired) electrons. The average molecular weight is 325 g/mol. The zero-order valence-corrected chi connectivity index (χ0v) is 14.8. The van der Waals surface area contributed by atoms with Gasteiger partial charge in [0.2, 0.25) is 5.91 Å². The molecular formula is C17H31N3O3. The number of carbonyl (C=O) groups excluding carboxylic acids is 2.